The molecule has 35 heavy (non-hydrogen) atoms. The molecule has 0 aromatic heterocycles. The van der Waals surface area contributed by atoms with Crippen molar-refractivity contribution in [3.05, 3.63) is 99.4 Å². The zero-order chi connectivity index (χ0) is 24.9. The number of thiocarbonyl (C=S) groups is 1. The summed E-state index contributed by atoms with van der Waals surface area (Å²) in [5, 5.41) is 3.35. The van der Waals surface area contributed by atoms with Gasteiger partial charge in [0, 0.05) is 10.7 Å². The Labute approximate surface area is 219 Å². The number of hydrogen-bond acceptors (Lipinski definition) is 5. The molecule has 3 aromatic carbocycles. The number of amides is 2. The number of carbonyl (C=O) groups is 2. The van der Waals surface area contributed by atoms with Crippen LogP contribution in [-0.4, -0.2) is 27.6 Å². The van der Waals surface area contributed by atoms with Crippen LogP contribution >= 0.6 is 35.6 Å². The Balaban J connectivity index is 1.42. The third-order valence-corrected chi connectivity index (χ3v) is 7.06. The van der Waals surface area contributed by atoms with Crippen LogP contribution in [0.15, 0.2) is 77.7 Å². The molecule has 178 valence electrons. The number of anilines is 1. The van der Waals surface area contributed by atoms with Crippen molar-refractivity contribution < 1.29 is 14.3 Å². The second-order valence-corrected chi connectivity index (χ2v) is 10.1. The second kappa shape index (κ2) is 11.1. The summed E-state index contributed by atoms with van der Waals surface area (Å²) in [6, 6.07) is 22.2. The molecule has 0 spiro atoms. The van der Waals surface area contributed by atoms with Crippen LogP contribution in [0.1, 0.15) is 29.7 Å². The van der Waals surface area contributed by atoms with Crippen LogP contribution in [0.3, 0.4) is 0 Å². The van der Waals surface area contributed by atoms with Gasteiger partial charge >= 0.3 is 0 Å². The summed E-state index contributed by atoms with van der Waals surface area (Å²) in [6.45, 7) is 3.69. The van der Waals surface area contributed by atoms with Crippen LogP contribution < -0.4 is 10.1 Å². The van der Waals surface area contributed by atoms with Crippen molar-refractivity contribution in [1.82, 2.24) is 4.90 Å². The van der Waals surface area contributed by atoms with Gasteiger partial charge in [-0.25, -0.2) is 0 Å². The first-order valence-electron chi connectivity index (χ1n) is 10.9. The lowest BCUT2D eigenvalue weighted by Gasteiger charge is -2.23. The molecule has 1 atom stereocenters. The van der Waals surface area contributed by atoms with Crippen molar-refractivity contribution in [1.29, 1.82) is 0 Å². The largest absolute Gasteiger partial charge is 0.484 e. The van der Waals surface area contributed by atoms with E-state index >= 15 is 0 Å². The van der Waals surface area contributed by atoms with E-state index in [0.29, 0.717) is 25.7 Å². The Morgan fingerprint density at radius 3 is 2.69 bits per heavy atom. The van der Waals surface area contributed by atoms with Gasteiger partial charge in [-0.3, -0.25) is 14.5 Å². The average molecular weight is 523 g/mol. The van der Waals surface area contributed by atoms with Gasteiger partial charge in [-0.05, 0) is 60.9 Å². The minimum atomic E-state index is -0.295. The maximum atomic E-state index is 13.1. The SMILES string of the molecule is Cc1ccc(Cl)cc1NC(=O)COc1cccc(/C=C2\SC(=S)N([C@@H](C)c3ccccc3)C2=O)c1. The summed E-state index contributed by atoms with van der Waals surface area (Å²) in [5.74, 6) is 0.0975. The Morgan fingerprint density at radius 2 is 1.91 bits per heavy atom. The van der Waals surface area contributed by atoms with Crippen molar-refractivity contribution in [2.45, 2.75) is 19.9 Å². The molecule has 0 radical (unpaired) electrons. The molecule has 1 aliphatic rings. The number of halogens is 1. The molecule has 0 bridgehead atoms. The third-order valence-electron chi connectivity index (χ3n) is 5.49. The van der Waals surface area contributed by atoms with E-state index in [9.17, 15) is 9.59 Å². The number of rotatable bonds is 7. The van der Waals surface area contributed by atoms with Crippen LogP contribution in [0, 0.1) is 6.92 Å². The fourth-order valence-electron chi connectivity index (χ4n) is 3.60. The number of nitrogens with zero attached hydrogens (tertiary/aromatic N) is 1. The lowest BCUT2D eigenvalue weighted by molar-refractivity contribution is -0.123. The van der Waals surface area contributed by atoms with Crippen LogP contribution in [0.4, 0.5) is 5.69 Å². The number of aryl methyl sites for hydroxylation is 1. The van der Waals surface area contributed by atoms with Crippen molar-refractivity contribution in [2.75, 3.05) is 11.9 Å². The summed E-state index contributed by atoms with van der Waals surface area (Å²) in [7, 11) is 0. The number of ether oxygens (including phenoxy) is 1. The van der Waals surface area contributed by atoms with Gasteiger partial charge < -0.3 is 10.1 Å². The van der Waals surface area contributed by atoms with Crippen molar-refractivity contribution >= 4 is 63.5 Å². The quantitative estimate of drug-likeness (QED) is 0.279. The van der Waals surface area contributed by atoms with Gasteiger partial charge in [0.2, 0.25) is 0 Å². The number of carbonyl (C=O) groups excluding carboxylic acids is 2. The molecule has 0 aliphatic carbocycles. The monoisotopic (exact) mass is 522 g/mol. The van der Waals surface area contributed by atoms with E-state index in [0.717, 1.165) is 16.7 Å². The third kappa shape index (κ3) is 6.11. The average Bonchev–Trinajstić information content (AvgIpc) is 3.13. The minimum Gasteiger partial charge on any atom is -0.484 e. The maximum Gasteiger partial charge on any atom is 0.266 e. The molecule has 1 fully saturated rings. The van der Waals surface area contributed by atoms with Crippen LogP contribution in [0.2, 0.25) is 5.02 Å². The lowest BCUT2D eigenvalue weighted by atomic mass is 10.1. The smallest absolute Gasteiger partial charge is 0.266 e. The van der Waals surface area contributed by atoms with E-state index in [1.165, 1.54) is 11.8 Å². The van der Waals surface area contributed by atoms with Crippen molar-refractivity contribution in [2.24, 2.45) is 0 Å². The Kier molecular flexibility index (Phi) is 7.90. The zero-order valence-electron chi connectivity index (χ0n) is 19.2. The standard InChI is InChI=1S/C27H23ClN2O3S2/c1-17-11-12-21(28)15-23(17)29-25(31)16-33-22-10-6-7-19(13-22)14-24-26(32)30(27(34)35-24)18(2)20-8-4-3-5-9-20/h3-15,18H,16H2,1-2H3,(H,29,31)/b24-14-/t18-/m0/s1. The molecule has 1 heterocycles. The molecule has 4 rings (SSSR count). The highest BCUT2D eigenvalue weighted by Crippen LogP contribution is 2.38. The van der Waals surface area contributed by atoms with E-state index in [1.807, 2.05) is 62.4 Å². The maximum absolute atomic E-state index is 13.1. The highest BCUT2D eigenvalue weighted by Gasteiger charge is 2.35. The first-order chi connectivity index (χ1) is 16.8. The van der Waals surface area contributed by atoms with Crippen molar-refractivity contribution in [3.8, 4) is 5.75 Å². The Morgan fingerprint density at radius 1 is 1.14 bits per heavy atom. The summed E-state index contributed by atoms with van der Waals surface area (Å²) < 4.78 is 6.20. The Hall–Kier alpha value is -3.13. The first kappa shape index (κ1) is 25.0. The lowest BCUT2D eigenvalue weighted by Crippen LogP contribution is -2.30. The van der Waals surface area contributed by atoms with Crippen LogP contribution in [0.25, 0.3) is 6.08 Å². The minimum absolute atomic E-state index is 0.126. The molecule has 0 unspecified atom stereocenters. The fraction of sp³-hybridized carbons (Fsp3) is 0.148. The molecule has 0 saturated carbocycles. The second-order valence-electron chi connectivity index (χ2n) is 8.01. The van der Waals surface area contributed by atoms with E-state index in [-0.39, 0.29) is 24.5 Å². The highest BCUT2D eigenvalue weighted by molar-refractivity contribution is 8.26. The van der Waals surface area contributed by atoms with E-state index < -0.39 is 0 Å². The number of hydrogen-bond donors (Lipinski definition) is 1. The van der Waals surface area contributed by atoms with E-state index in [2.05, 4.69) is 5.32 Å². The van der Waals surface area contributed by atoms with Gasteiger partial charge in [0.15, 0.2) is 6.61 Å². The van der Waals surface area contributed by atoms with Gasteiger partial charge in [0.1, 0.15) is 10.1 Å². The van der Waals surface area contributed by atoms with Crippen molar-refractivity contribution in [3.63, 3.8) is 0 Å². The Bertz CT molecular complexity index is 1310. The van der Waals surface area contributed by atoms with Crippen LogP contribution in [-0.2, 0) is 9.59 Å². The van der Waals surface area contributed by atoms with Gasteiger partial charge in [-0.1, -0.05) is 84.1 Å². The summed E-state index contributed by atoms with van der Waals surface area (Å²) in [5.41, 5.74) is 3.35. The summed E-state index contributed by atoms with van der Waals surface area (Å²) in [6.07, 6.45) is 1.79. The first-order valence-corrected chi connectivity index (χ1v) is 12.5. The molecule has 1 aliphatic heterocycles. The molecule has 2 amide bonds. The van der Waals surface area contributed by atoms with E-state index in [1.54, 1.807) is 35.2 Å². The highest BCUT2D eigenvalue weighted by atomic mass is 35.5. The van der Waals surface area contributed by atoms with Gasteiger partial charge in [0.05, 0.1) is 10.9 Å². The van der Waals surface area contributed by atoms with E-state index in [4.69, 9.17) is 28.6 Å². The van der Waals surface area contributed by atoms with Gasteiger partial charge in [-0.2, -0.15) is 0 Å². The molecule has 5 nitrogen and oxygen atoms in total. The number of benzene rings is 3. The summed E-state index contributed by atoms with van der Waals surface area (Å²) in [4.78, 5) is 27.7. The van der Waals surface area contributed by atoms with Gasteiger partial charge in [0.25, 0.3) is 11.8 Å². The zero-order valence-corrected chi connectivity index (χ0v) is 21.5. The molecule has 3 aromatic rings. The predicted molar refractivity (Wildman–Crippen MR) is 147 cm³/mol. The molecular formula is C27H23ClN2O3S2. The molecule has 8 heteroatoms. The fourth-order valence-corrected chi connectivity index (χ4v) is 5.19. The number of nitrogens with one attached hydrogen (secondary N) is 1. The molecule has 1 saturated heterocycles. The normalized spacial score (nSPS) is 15.4. The van der Waals surface area contributed by atoms with Crippen LogP contribution in [0.5, 0.6) is 5.75 Å². The number of thioether (sulfide) groups is 1. The topological polar surface area (TPSA) is 58.6 Å². The molecule has 1 N–H and O–H groups in total. The summed E-state index contributed by atoms with van der Waals surface area (Å²) >= 11 is 12.8. The van der Waals surface area contributed by atoms with Gasteiger partial charge in [-0.15, -0.1) is 0 Å². The predicted octanol–water partition coefficient (Wildman–Crippen LogP) is 6.63. The molecular weight excluding hydrogens is 500 g/mol.